The van der Waals surface area contributed by atoms with Crippen molar-refractivity contribution in [1.29, 1.82) is 0 Å². The molecule has 0 aromatic heterocycles. The highest BCUT2D eigenvalue weighted by molar-refractivity contribution is 6.30. The highest BCUT2D eigenvalue weighted by Crippen LogP contribution is 2.30. The minimum atomic E-state index is -0.790. The molecule has 0 saturated heterocycles. The highest BCUT2D eigenvalue weighted by atomic mass is 35.5. The van der Waals surface area contributed by atoms with Crippen molar-refractivity contribution in [3.8, 4) is 5.75 Å². The molecular weight excluding hydrogens is 276 g/mol. The van der Waals surface area contributed by atoms with Gasteiger partial charge in [-0.15, -0.1) is 0 Å². The van der Waals surface area contributed by atoms with E-state index in [9.17, 15) is 15.3 Å². The summed E-state index contributed by atoms with van der Waals surface area (Å²) in [5.41, 5.74) is 0.927. The molecule has 3 N–H and O–H groups in total. The van der Waals surface area contributed by atoms with Gasteiger partial charge in [-0.1, -0.05) is 35.9 Å². The number of halogens is 1. The largest absolute Gasteiger partial charge is 0.508 e. The van der Waals surface area contributed by atoms with Crippen molar-refractivity contribution < 1.29 is 15.3 Å². The standard InChI is InChI=1S/C16H17ClO3/c17-14-3-1-2-13(8-14)16(10-18,11-19)9-12-4-6-15(20)7-5-12/h1-8,18-20H,9-11H2. The Morgan fingerprint density at radius 1 is 0.950 bits per heavy atom. The molecule has 20 heavy (non-hydrogen) atoms. The maximum absolute atomic E-state index is 9.78. The number of rotatable bonds is 5. The Morgan fingerprint density at radius 3 is 2.15 bits per heavy atom. The Kier molecular flexibility index (Phi) is 4.65. The van der Waals surface area contributed by atoms with Crippen molar-refractivity contribution in [1.82, 2.24) is 0 Å². The summed E-state index contributed by atoms with van der Waals surface area (Å²) >= 11 is 5.99. The molecule has 0 heterocycles. The second-order valence-electron chi connectivity index (χ2n) is 4.95. The van der Waals surface area contributed by atoms with Crippen LogP contribution in [0.25, 0.3) is 0 Å². The molecule has 0 unspecified atom stereocenters. The number of benzene rings is 2. The van der Waals surface area contributed by atoms with E-state index in [0.29, 0.717) is 11.4 Å². The van der Waals surface area contributed by atoms with Crippen LogP contribution in [0.3, 0.4) is 0 Å². The van der Waals surface area contributed by atoms with Crippen LogP contribution >= 0.6 is 11.6 Å². The molecule has 4 heteroatoms. The van der Waals surface area contributed by atoms with E-state index >= 15 is 0 Å². The van der Waals surface area contributed by atoms with Crippen LogP contribution in [0.4, 0.5) is 0 Å². The molecule has 2 aromatic carbocycles. The van der Waals surface area contributed by atoms with Crippen molar-refractivity contribution >= 4 is 11.6 Å². The van der Waals surface area contributed by atoms with Gasteiger partial charge < -0.3 is 15.3 Å². The molecule has 0 aliphatic heterocycles. The maximum atomic E-state index is 9.78. The number of phenolic OH excluding ortho intramolecular Hbond substituents is 1. The summed E-state index contributed by atoms with van der Waals surface area (Å²) in [5, 5.41) is 29.4. The number of phenols is 1. The molecule has 0 radical (unpaired) electrons. The zero-order valence-electron chi connectivity index (χ0n) is 11.0. The number of aliphatic hydroxyl groups excluding tert-OH is 2. The van der Waals surface area contributed by atoms with E-state index < -0.39 is 5.41 Å². The van der Waals surface area contributed by atoms with Crippen LogP contribution in [0.2, 0.25) is 5.02 Å². The first-order chi connectivity index (χ1) is 9.59. The van der Waals surface area contributed by atoms with Crippen LogP contribution in [0.15, 0.2) is 48.5 Å². The lowest BCUT2D eigenvalue weighted by atomic mass is 9.77. The van der Waals surface area contributed by atoms with Gasteiger partial charge in [0, 0.05) is 10.4 Å². The molecule has 0 saturated carbocycles. The van der Waals surface area contributed by atoms with E-state index in [4.69, 9.17) is 11.6 Å². The Hall–Kier alpha value is -1.55. The van der Waals surface area contributed by atoms with Gasteiger partial charge in [0.25, 0.3) is 0 Å². The van der Waals surface area contributed by atoms with Gasteiger partial charge in [0.1, 0.15) is 5.75 Å². The van der Waals surface area contributed by atoms with E-state index in [0.717, 1.165) is 11.1 Å². The first-order valence-electron chi connectivity index (χ1n) is 6.35. The number of hydrogen-bond donors (Lipinski definition) is 3. The average Bonchev–Trinajstić information content (AvgIpc) is 2.47. The second kappa shape index (κ2) is 6.27. The zero-order valence-corrected chi connectivity index (χ0v) is 11.7. The fourth-order valence-corrected chi connectivity index (χ4v) is 2.46. The minimum absolute atomic E-state index is 0.190. The quantitative estimate of drug-likeness (QED) is 0.793. The molecule has 0 bridgehead atoms. The third-order valence-electron chi connectivity index (χ3n) is 3.52. The normalized spacial score (nSPS) is 11.6. The molecule has 106 valence electrons. The van der Waals surface area contributed by atoms with Crippen LogP contribution in [0, 0.1) is 0 Å². The lowest BCUT2D eigenvalue weighted by Gasteiger charge is -2.30. The Labute approximate surface area is 123 Å². The van der Waals surface area contributed by atoms with E-state index in [1.54, 1.807) is 42.5 Å². The summed E-state index contributed by atoms with van der Waals surface area (Å²) < 4.78 is 0. The van der Waals surface area contributed by atoms with E-state index in [1.807, 2.05) is 6.07 Å². The van der Waals surface area contributed by atoms with E-state index in [-0.39, 0.29) is 19.0 Å². The van der Waals surface area contributed by atoms with Crippen LogP contribution in [0.1, 0.15) is 11.1 Å². The smallest absolute Gasteiger partial charge is 0.115 e. The monoisotopic (exact) mass is 292 g/mol. The van der Waals surface area contributed by atoms with Gasteiger partial charge in [0.05, 0.1) is 13.2 Å². The topological polar surface area (TPSA) is 60.7 Å². The van der Waals surface area contributed by atoms with E-state index in [2.05, 4.69) is 0 Å². The van der Waals surface area contributed by atoms with Crippen LogP contribution in [0.5, 0.6) is 5.75 Å². The molecule has 2 aromatic rings. The molecule has 0 spiro atoms. The molecule has 0 aliphatic rings. The Balaban J connectivity index is 2.36. The fourth-order valence-electron chi connectivity index (χ4n) is 2.27. The summed E-state index contributed by atoms with van der Waals surface area (Å²) in [6.07, 6.45) is 0.459. The van der Waals surface area contributed by atoms with Gasteiger partial charge in [-0.3, -0.25) is 0 Å². The SMILES string of the molecule is OCC(CO)(Cc1ccc(O)cc1)c1cccc(Cl)c1. The van der Waals surface area contributed by atoms with Crippen molar-refractivity contribution in [2.75, 3.05) is 13.2 Å². The molecule has 2 rings (SSSR count). The summed E-state index contributed by atoms with van der Waals surface area (Å²) in [6, 6.07) is 13.9. The predicted octanol–water partition coefficient (Wildman–Crippen LogP) is 2.51. The molecule has 0 fully saturated rings. The summed E-state index contributed by atoms with van der Waals surface area (Å²) in [5.74, 6) is 0.190. The predicted molar refractivity (Wildman–Crippen MR) is 79.1 cm³/mol. The third kappa shape index (κ3) is 3.12. The highest BCUT2D eigenvalue weighted by Gasteiger charge is 2.31. The summed E-state index contributed by atoms with van der Waals surface area (Å²) in [4.78, 5) is 0. The molecule has 0 amide bonds. The summed E-state index contributed by atoms with van der Waals surface area (Å²) in [6.45, 7) is -0.380. The van der Waals surface area contributed by atoms with E-state index in [1.165, 1.54) is 0 Å². The van der Waals surface area contributed by atoms with Crippen molar-refractivity contribution in [2.45, 2.75) is 11.8 Å². The fraction of sp³-hybridized carbons (Fsp3) is 0.250. The van der Waals surface area contributed by atoms with Gasteiger partial charge in [-0.05, 0) is 41.8 Å². The number of hydrogen-bond acceptors (Lipinski definition) is 3. The summed E-state index contributed by atoms with van der Waals surface area (Å²) in [7, 11) is 0. The van der Waals surface area contributed by atoms with Crippen LogP contribution in [-0.2, 0) is 11.8 Å². The van der Waals surface area contributed by atoms with Gasteiger partial charge >= 0.3 is 0 Å². The van der Waals surface area contributed by atoms with Crippen molar-refractivity contribution in [2.24, 2.45) is 0 Å². The first-order valence-corrected chi connectivity index (χ1v) is 6.73. The van der Waals surface area contributed by atoms with Gasteiger partial charge in [0.15, 0.2) is 0 Å². The van der Waals surface area contributed by atoms with Crippen LogP contribution in [-0.4, -0.2) is 28.5 Å². The first kappa shape index (κ1) is 14.9. The van der Waals surface area contributed by atoms with Crippen molar-refractivity contribution in [3.63, 3.8) is 0 Å². The molecule has 0 aliphatic carbocycles. The maximum Gasteiger partial charge on any atom is 0.115 e. The van der Waals surface area contributed by atoms with Gasteiger partial charge in [-0.25, -0.2) is 0 Å². The molecule has 3 nitrogen and oxygen atoms in total. The zero-order chi connectivity index (χ0) is 14.6. The molecule has 0 atom stereocenters. The lowest BCUT2D eigenvalue weighted by Crippen LogP contribution is -2.37. The van der Waals surface area contributed by atoms with Crippen molar-refractivity contribution in [3.05, 3.63) is 64.7 Å². The lowest BCUT2D eigenvalue weighted by molar-refractivity contribution is 0.116. The average molecular weight is 293 g/mol. The Morgan fingerprint density at radius 2 is 1.60 bits per heavy atom. The molecular formula is C16H17ClO3. The van der Waals surface area contributed by atoms with Gasteiger partial charge in [-0.2, -0.15) is 0 Å². The van der Waals surface area contributed by atoms with Crippen LogP contribution < -0.4 is 0 Å². The number of aromatic hydroxyl groups is 1. The number of aliphatic hydroxyl groups is 2. The Bertz CT molecular complexity index is 562. The minimum Gasteiger partial charge on any atom is -0.508 e. The third-order valence-corrected chi connectivity index (χ3v) is 3.76. The second-order valence-corrected chi connectivity index (χ2v) is 5.39. The van der Waals surface area contributed by atoms with Gasteiger partial charge in [0.2, 0.25) is 0 Å².